The zero-order chi connectivity index (χ0) is 16.9. The Kier molecular flexibility index (Phi) is 6.13. The zero-order valence-corrected chi connectivity index (χ0v) is 14.0. The van der Waals surface area contributed by atoms with Gasteiger partial charge in [-0.05, 0) is 45.2 Å². The molecule has 2 atom stereocenters. The lowest BCUT2D eigenvalue weighted by atomic mass is 9.74. The molecule has 0 unspecified atom stereocenters. The van der Waals surface area contributed by atoms with Crippen LogP contribution >= 0.6 is 0 Å². The Hall–Kier alpha value is -1.46. The van der Waals surface area contributed by atoms with Crippen LogP contribution in [0.4, 0.5) is 4.39 Å². The van der Waals surface area contributed by atoms with Gasteiger partial charge in [0.25, 0.3) is 0 Å². The first-order valence-corrected chi connectivity index (χ1v) is 8.37. The molecule has 3 N–H and O–H groups in total. The minimum atomic E-state index is -1.21. The van der Waals surface area contributed by atoms with Crippen LogP contribution in [0.25, 0.3) is 0 Å². The van der Waals surface area contributed by atoms with Crippen LogP contribution in [0.15, 0.2) is 18.2 Å². The van der Waals surface area contributed by atoms with E-state index in [1.807, 2.05) is 6.92 Å². The predicted molar refractivity (Wildman–Crippen MR) is 88.5 cm³/mol. The van der Waals surface area contributed by atoms with Gasteiger partial charge in [-0.25, -0.2) is 4.39 Å². The topological polar surface area (TPSA) is 61.4 Å². The third kappa shape index (κ3) is 4.52. The van der Waals surface area contributed by atoms with Crippen molar-refractivity contribution in [3.63, 3.8) is 0 Å². The molecule has 0 saturated carbocycles. The van der Waals surface area contributed by atoms with E-state index in [0.29, 0.717) is 31.5 Å². The van der Waals surface area contributed by atoms with Crippen LogP contribution in [-0.4, -0.2) is 30.6 Å². The highest BCUT2D eigenvalue weighted by Crippen LogP contribution is 2.39. The van der Waals surface area contributed by atoms with Gasteiger partial charge in [-0.2, -0.15) is 0 Å². The second kappa shape index (κ2) is 7.88. The van der Waals surface area contributed by atoms with E-state index in [2.05, 4.69) is 10.6 Å². The van der Waals surface area contributed by atoms with E-state index in [1.165, 1.54) is 13.0 Å². The van der Waals surface area contributed by atoms with Crippen molar-refractivity contribution in [1.29, 1.82) is 0 Å². The molecule has 23 heavy (non-hydrogen) atoms. The fraction of sp³-hybridized carbons (Fsp3) is 0.611. The number of rotatable bonds is 6. The van der Waals surface area contributed by atoms with E-state index in [9.17, 15) is 14.3 Å². The molecule has 1 fully saturated rings. The van der Waals surface area contributed by atoms with E-state index in [4.69, 9.17) is 0 Å². The van der Waals surface area contributed by atoms with Crippen LogP contribution < -0.4 is 10.6 Å². The van der Waals surface area contributed by atoms with E-state index in [1.54, 1.807) is 12.1 Å². The van der Waals surface area contributed by atoms with Gasteiger partial charge in [-0.1, -0.05) is 17.7 Å². The van der Waals surface area contributed by atoms with E-state index in [0.717, 1.165) is 24.9 Å². The molecule has 5 heteroatoms. The van der Waals surface area contributed by atoms with Gasteiger partial charge in [0, 0.05) is 31.5 Å². The van der Waals surface area contributed by atoms with Crippen molar-refractivity contribution in [3.05, 3.63) is 35.1 Å². The first kappa shape index (κ1) is 17.9. The maximum absolute atomic E-state index is 14.4. The van der Waals surface area contributed by atoms with Crippen LogP contribution in [0, 0.1) is 18.7 Å². The number of carbonyl (C=O) groups is 1. The van der Waals surface area contributed by atoms with Gasteiger partial charge in [-0.3, -0.25) is 4.79 Å². The van der Waals surface area contributed by atoms with Gasteiger partial charge in [0.2, 0.25) is 5.91 Å². The fourth-order valence-electron chi connectivity index (χ4n) is 3.41. The lowest BCUT2D eigenvalue weighted by molar-refractivity contribution is -0.119. The van der Waals surface area contributed by atoms with Crippen LogP contribution in [0.2, 0.25) is 0 Å². The van der Waals surface area contributed by atoms with Crippen LogP contribution in [-0.2, 0) is 10.4 Å². The van der Waals surface area contributed by atoms with Gasteiger partial charge < -0.3 is 15.7 Å². The predicted octanol–water partition coefficient (Wildman–Crippen LogP) is 2.24. The SMILES string of the molecule is CC(=O)NCCC[C@@](O)(c1cc(C)ccc1F)[C@@H]1CCCNC1. The first-order chi connectivity index (χ1) is 10.9. The summed E-state index contributed by atoms with van der Waals surface area (Å²) in [6.07, 6.45) is 2.89. The molecule has 1 aromatic carbocycles. The number of piperidine rings is 1. The lowest BCUT2D eigenvalue weighted by Crippen LogP contribution is -2.45. The molecule has 4 nitrogen and oxygen atoms in total. The molecule has 0 radical (unpaired) electrons. The number of halogens is 1. The Morgan fingerprint density at radius 1 is 1.52 bits per heavy atom. The molecule has 1 saturated heterocycles. The minimum Gasteiger partial charge on any atom is -0.385 e. The Labute approximate surface area is 137 Å². The molecule has 0 aromatic heterocycles. The molecule has 128 valence electrons. The van der Waals surface area contributed by atoms with E-state index in [-0.39, 0.29) is 17.6 Å². The molecule has 0 aliphatic carbocycles. The summed E-state index contributed by atoms with van der Waals surface area (Å²) in [6.45, 7) is 5.49. The minimum absolute atomic E-state index is 0.0233. The third-order valence-corrected chi connectivity index (χ3v) is 4.67. The van der Waals surface area contributed by atoms with E-state index < -0.39 is 5.60 Å². The van der Waals surface area contributed by atoms with Crippen LogP contribution in [0.5, 0.6) is 0 Å². The number of hydrogen-bond acceptors (Lipinski definition) is 3. The van der Waals surface area contributed by atoms with Crippen molar-refractivity contribution in [2.45, 2.75) is 45.1 Å². The number of benzene rings is 1. The number of carbonyl (C=O) groups excluding carboxylic acids is 1. The standard InChI is InChI=1S/C18H27FN2O2/c1-13-6-7-17(19)16(11-13)18(23,8-4-10-21-14(2)22)15-5-3-9-20-12-15/h6-7,11,15,20,23H,3-5,8-10,12H2,1-2H3,(H,21,22)/t15-,18+/m1/s1. The van der Waals surface area contributed by atoms with Crippen molar-refractivity contribution in [2.75, 3.05) is 19.6 Å². The Balaban J connectivity index is 2.22. The monoisotopic (exact) mass is 322 g/mol. The average Bonchev–Trinajstić information content (AvgIpc) is 2.54. The summed E-state index contributed by atoms with van der Waals surface area (Å²) in [5.74, 6) is -0.470. The molecular formula is C18H27FN2O2. The largest absolute Gasteiger partial charge is 0.385 e. The summed E-state index contributed by atoms with van der Waals surface area (Å²) in [4.78, 5) is 11.0. The molecule has 0 spiro atoms. The third-order valence-electron chi connectivity index (χ3n) is 4.67. The normalized spacial score (nSPS) is 20.8. The van der Waals surface area contributed by atoms with Gasteiger partial charge in [-0.15, -0.1) is 0 Å². The summed E-state index contributed by atoms with van der Waals surface area (Å²) < 4.78 is 14.4. The van der Waals surface area contributed by atoms with Crippen molar-refractivity contribution in [1.82, 2.24) is 10.6 Å². The smallest absolute Gasteiger partial charge is 0.216 e. The lowest BCUT2D eigenvalue weighted by Gasteiger charge is -2.39. The molecule has 2 rings (SSSR count). The first-order valence-electron chi connectivity index (χ1n) is 8.37. The zero-order valence-electron chi connectivity index (χ0n) is 14.0. The summed E-state index contributed by atoms with van der Waals surface area (Å²) in [5.41, 5.74) is 0.113. The quantitative estimate of drug-likeness (QED) is 0.704. The fourth-order valence-corrected chi connectivity index (χ4v) is 3.41. The van der Waals surface area contributed by atoms with Crippen LogP contribution in [0.3, 0.4) is 0 Å². The molecule has 1 amide bonds. The number of aryl methyl sites for hydroxylation is 1. The summed E-state index contributed by atoms with van der Waals surface area (Å²) >= 11 is 0. The Morgan fingerprint density at radius 2 is 2.30 bits per heavy atom. The van der Waals surface area contributed by atoms with Crippen molar-refractivity contribution < 1.29 is 14.3 Å². The van der Waals surface area contributed by atoms with Gasteiger partial charge in [0.1, 0.15) is 5.82 Å². The van der Waals surface area contributed by atoms with Gasteiger partial charge in [0.05, 0.1) is 5.60 Å². The highest BCUT2D eigenvalue weighted by atomic mass is 19.1. The second-order valence-electron chi connectivity index (χ2n) is 6.54. The van der Waals surface area contributed by atoms with Gasteiger partial charge >= 0.3 is 0 Å². The highest BCUT2D eigenvalue weighted by molar-refractivity contribution is 5.72. The number of nitrogens with one attached hydrogen (secondary N) is 2. The Morgan fingerprint density at radius 3 is 2.96 bits per heavy atom. The summed E-state index contributed by atoms with van der Waals surface area (Å²) in [5, 5.41) is 17.4. The van der Waals surface area contributed by atoms with Crippen molar-refractivity contribution >= 4 is 5.91 Å². The molecule has 0 bridgehead atoms. The van der Waals surface area contributed by atoms with E-state index >= 15 is 0 Å². The average molecular weight is 322 g/mol. The molecule has 1 aliphatic heterocycles. The number of aliphatic hydroxyl groups is 1. The Bertz CT molecular complexity index is 544. The van der Waals surface area contributed by atoms with Crippen LogP contribution in [0.1, 0.15) is 43.7 Å². The van der Waals surface area contributed by atoms with Crippen molar-refractivity contribution in [2.24, 2.45) is 5.92 Å². The molecular weight excluding hydrogens is 295 g/mol. The van der Waals surface area contributed by atoms with Crippen molar-refractivity contribution in [3.8, 4) is 0 Å². The second-order valence-corrected chi connectivity index (χ2v) is 6.54. The summed E-state index contributed by atoms with van der Waals surface area (Å²) in [6, 6.07) is 4.90. The maximum Gasteiger partial charge on any atom is 0.216 e. The number of amides is 1. The maximum atomic E-state index is 14.4. The summed E-state index contributed by atoms with van der Waals surface area (Å²) in [7, 11) is 0. The molecule has 1 aromatic rings. The number of hydrogen-bond donors (Lipinski definition) is 3. The van der Waals surface area contributed by atoms with Gasteiger partial charge in [0.15, 0.2) is 0 Å². The molecule has 1 aliphatic rings. The molecule has 1 heterocycles. The highest BCUT2D eigenvalue weighted by Gasteiger charge is 2.40.